The summed E-state index contributed by atoms with van der Waals surface area (Å²) in [7, 11) is 0. The maximum Gasteiger partial charge on any atom is 0.131 e. The van der Waals surface area contributed by atoms with Crippen LogP contribution < -0.4 is 10.5 Å². The molecular formula is C15H22N2O2S. The van der Waals surface area contributed by atoms with Crippen LogP contribution in [0, 0.1) is 11.3 Å². The summed E-state index contributed by atoms with van der Waals surface area (Å²) in [5, 5.41) is 7.78. The summed E-state index contributed by atoms with van der Waals surface area (Å²) in [4.78, 5) is 1.02. The van der Waals surface area contributed by atoms with Gasteiger partial charge in [-0.1, -0.05) is 13.0 Å². The summed E-state index contributed by atoms with van der Waals surface area (Å²) in [6.45, 7) is 4.40. The van der Waals surface area contributed by atoms with E-state index in [1.54, 1.807) is 11.8 Å². The Kier molecular flexibility index (Phi) is 5.73. The van der Waals surface area contributed by atoms with Crippen LogP contribution in [0.5, 0.6) is 5.75 Å². The van der Waals surface area contributed by atoms with Gasteiger partial charge in [0.1, 0.15) is 11.6 Å². The van der Waals surface area contributed by atoms with Gasteiger partial charge in [0.15, 0.2) is 0 Å². The average Bonchev–Trinajstić information content (AvgIpc) is 2.46. The topological polar surface area (TPSA) is 68.3 Å². The van der Waals surface area contributed by atoms with Crippen LogP contribution >= 0.6 is 11.8 Å². The largest absolute Gasteiger partial charge is 0.492 e. The zero-order chi connectivity index (χ0) is 14.4. The van der Waals surface area contributed by atoms with Crippen LogP contribution in [0.2, 0.25) is 0 Å². The van der Waals surface area contributed by atoms with Crippen LogP contribution in [0.4, 0.5) is 0 Å². The number of rotatable bonds is 6. The molecule has 1 aromatic carbocycles. The third-order valence-corrected chi connectivity index (χ3v) is 4.31. The van der Waals surface area contributed by atoms with Gasteiger partial charge in [-0.3, -0.25) is 5.41 Å². The molecule has 1 fully saturated rings. The van der Waals surface area contributed by atoms with Crippen LogP contribution in [-0.4, -0.2) is 31.4 Å². The molecular weight excluding hydrogens is 272 g/mol. The van der Waals surface area contributed by atoms with Crippen molar-refractivity contribution in [2.75, 3.05) is 25.6 Å². The van der Waals surface area contributed by atoms with E-state index < -0.39 is 0 Å². The van der Waals surface area contributed by atoms with Crippen molar-refractivity contribution in [3.05, 3.63) is 23.8 Å². The highest BCUT2D eigenvalue weighted by molar-refractivity contribution is 7.99. The number of hydrogen-bond donors (Lipinski definition) is 2. The second-order valence-electron chi connectivity index (χ2n) is 4.84. The summed E-state index contributed by atoms with van der Waals surface area (Å²) in [5.41, 5.74) is 6.45. The highest BCUT2D eigenvalue weighted by Gasteiger charge is 2.17. The van der Waals surface area contributed by atoms with E-state index >= 15 is 0 Å². The Morgan fingerprint density at radius 3 is 2.85 bits per heavy atom. The first-order valence-corrected chi connectivity index (χ1v) is 8.01. The Balaban J connectivity index is 2.09. The summed E-state index contributed by atoms with van der Waals surface area (Å²) < 4.78 is 11.3. The normalized spacial score (nSPS) is 16.1. The third-order valence-electron chi connectivity index (χ3n) is 3.37. The fraction of sp³-hybridized carbons (Fsp3) is 0.533. The number of hydrogen-bond acceptors (Lipinski definition) is 4. The quantitative estimate of drug-likeness (QED) is 0.481. The lowest BCUT2D eigenvalue weighted by Crippen LogP contribution is -2.22. The van der Waals surface area contributed by atoms with Gasteiger partial charge in [-0.25, -0.2) is 0 Å². The molecule has 20 heavy (non-hydrogen) atoms. The molecule has 110 valence electrons. The Bertz CT molecular complexity index is 459. The average molecular weight is 294 g/mol. The van der Waals surface area contributed by atoms with Gasteiger partial charge in [0.2, 0.25) is 0 Å². The minimum atomic E-state index is 0.0727. The Morgan fingerprint density at radius 1 is 1.45 bits per heavy atom. The number of nitrogens with one attached hydrogen (secondary N) is 1. The number of thioether (sulfide) groups is 1. The van der Waals surface area contributed by atoms with Crippen molar-refractivity contribution in [3.63, 3.8) is 0 Å². The smallest absolute Gasteiger partial charge is 0.131 e. The van der Waals surface area contributed by atoms with Gasteiger partial charge in [-0.2, -0.15) is 0 Å². The molecule has 4 nitrogen and oxygen atoms in total. The molecule has 1 heterocycles. The van der Waals surface area contributed by atoms with Crippen molar-refractivity contribution in [2.24, 2.45) is 11.7 Å². The maximum atomic E-state index is 7.78. The second-order valence-corrected chi connectivity index (χ2v) is 6.15. The highest BCUT2D eigenvalue weighted by atomic mass is 32.2. The van der Waals surface area contributed by atoms with Crippen molar-refractivity contribution >= 4 is 17.6 Å². The van der Waals surface area contributed by atoms with Gasteiger partial charge in [-0.15, -0.1) is 11.8 Å². The van der Waals surface area contributed by atoms with E-state index in [-0.39, 0.29) is 5.84 Å². The van der Waals surface area contributed by atoms with Crippen LogP contribution in [0.1, 0.15) is 25.3 Å². The van der Waals surface area contributed by atoms with E-state index in [0.29, 0.717) is 12.5 Å². The lowest BCUT2D eigenvalue weighted by atomic mass is 10.0. The van der Waals surface area contributed by atoms with Gasteiger partial charge in [-0.05, 0) is 36.6 Å². The molecule has 0 aromatic heterocycles. The minimum Gasteiger partial charge on any atom is -0.492 e. The van der Waals surface area contributed by atoms with E-state index in [2.05, 4.69) is 6.92 Å². The first kappa shape index (κ1) is 15.2. The van der Waals surface area contributed by atoms with Gasteiger partial charge in [0.05, 0.1) is 12.2 Å². The van der Waals surface area contributed by atoms with Crippen LogP contribution in [-0.2, 0) is 4.74 Å². The number of ether oxygens (including phenoxy) is 2. The standard InChI is InChI=1S/C15H22N2O2S/c1-2-20-13-5-3-4-12(14(13)15(16)17)19-10-11-6-8-18-9-7-11/h3-5,11H,2,6-10H2,1H3,(H3,16,17). The first-order chi connectivity index (χ1) is 9.72. The van der Waals surface area contributed by atoms with Crippen molar-refractivity contribution in [1.82, 2.24) is 0 Å². The van der Waals surface area contributed by atoms with Crippen LogP contribution in [0.3, 0.4) is 0 Å². The van der Waals surface area contributed by atoms with Gasteiger partial charge >= 0.3 is 0 Å². The third kappa shape index (κ3) is 3.90. The molecule has 2 rings (SSSR count). The molecule has 1 aromatic rings. The molecule has 0 bridgehead atoms. The second kappa shape index (κ2) is 7.55. The Hall–Kier alpha value is -1.20. The SMILES string of the molecule is CCSc1cccc(OCC2CCOCC2)c1C(=N)N. The Morgan fingerprint density at radius 2 is 2.20 bits per heavy atom. The minimum absolute atomic E-state index is 0.0727. The van der Waals surface area contributed by atoms with Crippen molar-refractivity contribution in [1.29, 1.82) is 5.41 Å². The Labute approximate surface area is 124 Å². The number of amidine groups is 1. The van der Waals surface area contributed by atoms with E-state index in [1.165, 1.54) is 0 Å². The molecule has 5 heteroatoms. The number of nitrogen functional groups attached to an aromatic ring is 1. The molecule has 0 radical (unpaired) electrons. The molecule has 0 amide bonds. The molecule has 1 aliphatic rings. The molecule has 3 N–H and O–H groups in total. The van der Waals surface area contributed by atoms with E-state index in [1.807, 2.05) is 18.2 Å². The van der Waals surface area contributed by atoms with E-state index in [4.69, 9.17) is 20.6 Å². The molecule has 0 saturated carbocycles. The zero-order valence-corrected chi connectivity index (χ0v) is 12.7. The number of nitrogens with two attached hydrogens (primary N) is 1. The molecule has 0 aliphatic carbocycles. The van der Waals surface area contributed by atoms with E-state index in [0.717, 1.165) is 48.0 Å². The van der Waals surface area contributed by atoms with Crippen LogP contribution in [0.15, 0.2) is 23.1 Å². The van der Waals surface area contributed by atoms with Crippen LogP contribution in [0.25, 0.3) is 0 Å². The summed E-state index contributed by atoms with van der Waals surface area (Å²) in [6.07, 6.45) is 2.08. The maximum absolute atomic E-state index is 7.78. The summed E-state index contributed by atoms with van der Waals surface area (Å²) in [5.74, 6) is 2.28. The predicted octanol–water partition coefficient (Wildman–Crippen LogP) is 2.89. The fourth-order valence-electron chi connectivity index (χ4n) is 2.29. The van der Waals surface area contributed by atoms with Crippen molar-refractivity contribution < 1.29 is 9.47 Å². The fourth-order valence-corrected chi connectivity index (χ4v) is 3.13. The summed E-state index contributed by atoms with van der Waals surface area (Å²) >= 11 is 1.69. The monoisotopic (exact) mass is 294 g/mol. The predicted molar refractivity (Wildman–Crippen MR) is 82.9 cm³/mol. The lowest BCUT2D eigenvalue weighted by molar-refractivity contribution is 0.0497. The van der Waals surface area contributed by atoms with Gasteiger partial charge < -0.3 is 15.2 Å². The number of benzene rings is 1. The van der Waals surface area contributed by atoms with E-state index in [9.17, 15) is 0 Å². The zero-order valence-electron chi connectivity index (χ0n) is 11.9. The molecule has 1 saturated heterocycles. The van der Waals surface area contributed by atoms with Gasteiger partial charge in [0, 0.05) is 18.1 Å². The van der Waals surface area contributed by atoms with Crippen molar-refractivity contribution in [2.45, 2.75) is 24.7 Å². The lowest BCUT2D eigenvalue weighted by Gasteiger charge is -2.23. The van der Waals surface area contributed by atoms with Crippen molar-refractivity contribution in [3.8, 4) is 5.75 Å². The molecule has 0 unspecified atom stereocenters. The molecule has 0 spiro atoms. The molecule has 0 atom stereocenters. The molecule has 1 aliphatic heterocycles. The van der Waals surface area contributed by atoms with Gasteiger partial charge in [0.25, 0.3) is 0 Å². The summed E-state index contributed by atoms with van der Waals surface area (Å²) in [6, 6.07) is 5.85. The highest BCUT2D eigenvalue weighted by Crippen LogP contribution is 2.30. The first-order valence-electron chi connectivity index (χ1n) is 7.03.